The van der Waals surface area contributed by atoms with Gasteiger partial charge in [-0.15, -0.1) is 0 Å². The number of nitrogens with one attached hydrogen (secondary N) is 1. The van der Waals surface area contributed by atoms with Crippen molar-refractivity contribution in [2.45, 2.75) is 29.5 Å². The van der Waals surface area contributed by atoms with Gasteiger partial charge in [-0.3, -0.25) is 9.00 Å². The predicted octanol–water partition coefficient (Wildman–Crippen LogP) is 2.69. The summed E-state index contributed by atoms with van der Waals surface area (Å²) >= 11 is 0. The summed E-state index contributed by atoms with van der Waals surface area (Å²) in [5.41, 5.74) is 7.71. The lowest BCUT2D eigenvalue weighted by Gasteiger charge is -2.26. The largest absolute Gasteiger partial charge is 0.381 e. The molecule has 0 saturated carbocycles. The Bertz CT molecular complexity index is 761. The molecular weight excluding hydrogens is 348 g/mol. The molecule has 26 heavy (non-hydrogen) atoms. The van der Waals surface area contributed by atoms with Crippen LogP contribution in [0.3, 0.4) is 0 Å². The molecular formula is C20H24N2O3S. The molecule has 1 aliphatic rings. The second kappa shape index (κ2) is 9.07. The van der Waals surface area contributed by atoms with E-state index in [1.54, 1.807) is 0 Å². The van der Waals surface area contributed by atoms with E-state index in [0.717, 1.165) is 23.3 Å². The van der Waals surface area contributed by atoms with Gasteiger partial charge in [-0.25, -0.2) is 0 Å². The van der Waals surface area contributed by atoms with Gasteiger partial charge in [0.1, 0.15) is 0 Å². The third-order valence-corrected chi connectivity index (χ3v) is 5.97. The second-order valence-electron chi connectivity index (χ2n) is 6.47. The highest BCUT2D eigenvalue weighted by atomic mass is 32.2. The average molecular weight is 372 g/mol. The van der Waals surface area contributed by atoms with Crippen LogP contribution in [-0.2, 0) is 26.1 Å². The van der Waals surface area contributed by atoms with Crippen LogP contribution in [-0.4, -0.2) is 29.4 Å². The molecule has 1 fully saturated rings. The molecule has 1 amide bonds. The quantitative estimate of drug-likeness (QED) is 0.817. The summed E-state index contributed by atoms with van der Waals surface area (Å²) < 4.78 is 17.8. The topological polar surface area (TPSA) is 81.4 Å². The van der Waals surface area contributed by atoms with E-state index < -0.39 is 16.8 Å². The van der Waals surface area contributed by atoms with Crippen LogP contribution < -0.4 is 11.1 Å². The number of anilines is 1. The van der Waals surface area contributed by atoms with E-state index in [4.69, 9.17) is 10.5 Å². The van der Waals surface area contributed by atoms with Gasteiger partial charge in [-0.05, 0) is 48.6 Å². The fourth-order valence-corrected chi connectivity index (χ4v) is 4.17. The number of rotatable bonds is 6. The van der Waals surface area contributed by atoms with Crippen LogP contribution >= 0.6 is 0 Å². The third-order valence-electron chi connectivity index (χ3n) is 4.57. The Balaban J connectivity index is 1.61. The molecule has 2 atom stereocenters. The van der Waals surface area contributed by atoms with Crippen molar-refractivity contribution < 1.29 is 13.7 Å². The first-order valence-electron chi connectivity index (χ1n) is 8.80. The van der Waals surface area contributed by atoms with Gasteiger partial charge < -0.3 is 15.8 Å². The summed E-state index contributed by atoms with van der Waals surface area (Å²) in [5, 5.41) is 2.89. The lowest BCUT2D eigenvalue weighted by Crippen LogP contribution is -2.44. The van der Waals surface area contributed by atoms with Crippen molar-refractivity contribution in [3.8, 4) is 0 Å². The van der Waals surface area contributed by atoms with Crippen molar-refractivity contribution in [1.29, 1.82) is 0 Å². The number of nitrogens with two attached hydrogens (primary N) is 1. The molecule has 138 valence electrons. The zero-order chi connectivity index (χ0) is 18.4. The molecule has 3 N–H and O–H groups in total. The number of carbonyl (C=O) groups is 1. The zero-order valence-electron chi connectivity index (χ0n) is 14.6. The fraction of sp³-hybridized carbons (Fsp3) is 0.350. The molecule has 1 aliphatic heterocycles. The molecule has 0 spiro atoms. The minimum atomic E-state index is -1.12. The molecule has 5 nitrogen and oxygen atoms in total. The summed E-state index contributed by atoms with van der Waals surface area (Å²) in [6, 6.07) is 16.3. The van der Waals surface area contributed by atoms with E-state index in [9.17, 15) is 9.00 Å². The van der Waals surface area contributed by atoms with Gasteiger partial charge in [0.25, 0.3) is 0 Å². The smallest absolute Gasteiger partial charge is 0.241 e. The molecule has 1 heterocycles. The van der Waals surface area contributed by atoms with Crippen LogP contribution in [0.1, 0.15) is 18.4 Å². The SMILES string of the molecule is NC(C(=O)Nc1cccc(CS(=O)c2ccccc2)c1)C1CCOCC1. The molecule has 2 aromatic carbocycles. The molecule has 1 saturated heterocycles. The van der Waals surface area contributed by atoms with Gasteiger partial charge in [0.05, 0.1) is 22.6 Å². The molecule has 6 heteroatoms. The number of benzene rings is 2. The van der Waals surface area contributed by atoms with E-state index >= 15 is 0 Å². The van der Waals surface area contributed by atoms with Crippen molar-refractivity contribution in [2.75, 3.05) is 18.5 Å². The van der Waals surface area contributed by atoms with Crippen LogP contribution in [0.4, 0.5) is 5.69 Å². The minimum Gasteiger partial charge on any atom is -0.381 e. The highest BCUT2D eigenvalue weighted by Gasteiger charge is 2.26. The van der Waals surface area contributed by atoms with E-state index in [-0.39, 0.29) is 11.8 Å². The van der Waals surface area contributed by atoms with Gasteiger partial charge in [0.15, 0.2) is 0 Å². The molecule has 0 aliphatic carbocycles. The lowest BCUT2D eigenvalue weighted by molar-refractivity contribution is -0.119. The van der Waals surface area contributed by atoms with Crippen LogP contribution in [0.2, 0.25) is 0 Å². The Hall–Kier alpha value is -2.02. The van der Waals surface area contributed by atoms with Crippen molar-refractivity contribution in [3.05, 3.63) is 60.2 Å². The van der Waals surface area contributed by atoms with Gasteiger partial charge in [0, 0.05) is 23.8 Å². The van der Waals surface area contributed by atoms with Gasteiger partial charge in [-0.1, -0.05) is 30.3 Å². The summed E-state index contributed by atoms with van der Waals surface area (Å²) in [7, 11) is -1.12. The zero-order valence-corrected chi connectivity index (χ0v) is 15.4. The Morgan fingerprint density at radius 2 is 1.88 bits per heavy atom. The first kappa shape index (κ1) is 18.8. The lowest BCUT2D eigenvalue weighted by atomic mass is 9.92. The standard InChI is InChI=1S/C20H24N2O3S/c21-19(16-9-11-25-12-10-16)20(23)22-17-6-4-5-15(13-17)14-26(24)18-7-2-1-3-8-18/h1-8,13,16,19H,9-12,14,21H2,(H,22,23). The molecule has 0 bridgehead atoms. The Labute approximate surface area is 156 Å². The molecule has 0 aromatic heterocycles. The highest BCUT2D eigenvalue weighted by molar-refractivity contribution is 7.84. The maximum Gasteiger partial charge on any atom is 0.241 e. The summed E-state index contributed by atoms with van der Waals surface area (Å²) in [6.45, 7) is 1.32. The van der Waals surface area contributed by atoms with E-state index in [1.165, 1.54) is 0 Å². The third kappa shape index (κ3) is 5.00. The average Bonchev–Trinajstić information content (AvgIpc) is 2.69. The number of amides is 1. The summed E-state index contributed by atoms with van der Waals surface area (Å²) in [6.07, 6.45) is 1.62. The molecule has 2 unspecified atom stereocenters. The fourth-order valence-electron chi connectivity index (χ4n) is 3.06. The Morgan fingerprint density at radius 1 is 1.15 bits per heavy atom. The first-order chi connectivity index (χ1) is 12.6. The minimum absolute atomic E-state index is 0.150. The monoisotopic (exact) mass is 372 g/mol. The Kier molecular flexibility index (Phi) is 6.55. The summed E-state index contributed by atoms with van der Waals surface area (Å²) in [4.78, 5) is 13.2. The van der Waals surface area contributed by atoms with Crippen molar-refractivity contribution >= 4 is 22.4 Å². The highest BCUT2D eigenvalue weighted by Crippen LogP contribution is 2.20. The first-order valence-corrected chi connectivity index (χ1v) is 10.1. The van der Waals surface area contributed by atoms with Gasteiger partial charge >= 0.3 is 0 Å². The van der Waals surface area contributed by atoms with Crippen LogP contribution in [0.15, 0.2) is 59.5 Å². The van der Waals surface area contributed by atoms with Crippen molar-refractivity contribution in [2.24, 2.45) is 11.7 Å². The molecule has 0 radical (unpaired) electrons. The van der Waals surface area contributed by atoms with Crippen molar-refractivity contribution in [1.82, 2.24) is 0 Å². The maximum atomic E-state index is 12.5. The van der Waals surface area contributed by atoms with Gasteiger partial charge in [-0.2, -0.15) is 0 Å². The predicted molar refractivity (Wildman–Crippen MR) is 103 cm³/mol. The van der Waals surface area contributed by atoms with Crippen LogP contribution in [0.25, 0.3) is 0 Å². The van der Waals surface area contributed by atoms with E-state index in [0.29, 0.717) is 24.7 Å². The molecule has 2 aromatic rings. The number of hydrogen-bond acceptors (Lipinski definition) is 4. The van der Waals surface area contributed by atoms with E-state index in [1.807, 2.05) is 54.6 Å². The van der Waals surface area contributed by atoms with E-state index in [2.05, 4.69) is 5.32 Å². The number of carbonyl (C=O) groups excluding carboxylic acids is 1. The van der Waals surface area contributed by atoms with Gasteiger partial charge in [0.2, 0.25) is 5.91 Å². The van der Waals surface area contributed by atoms with Crippen LogP contribution in [0, 0.1) is 5.92 Å². The van der Waals surface area contributed by atoms with Crippen LogP contribution in [0.5, 0.6) is 0 Å². The number of ether oxygens (including phenoxy) is 1. The molecule has 3 rings (SSSR count). The normalized spacial score (nSPS) is 17.4. The maximum absolute atomic E-state index is 12.5. The number of hydrogen-bond donors (Lipinski definition) is 2. The Morgan fingerprint density at radius 3 is 2.62 bits per heavy atom. The second-order valence-corrected chi connectivity index (χ2v) is 7.92. The van der Waals surface area contributed by atoms with Crippen molar-refractivity contribution in [3.63, 3.8) is 0 Å². The summed E-state index contributed by atoms with van der Waals surface area (Å²) in [5.74, 6) is 0.371.